The van der Waals surface area contributed by atoms with Crippen LogP contribution in [0.2, 0.25) is 0 Å². The summed E-state index contributed by atoms with van der Waals surface area (Å²) in [6.45, 7) is 9.81. The zero-order chi connectivity index (χ0) is 14.6. The molecule has 0 saturated carbocycles. The number of nitrogens with zero attached hydrogens (tertiary/aromatic N) is 1. The van der Waals surface area contributed by atoms with Gasteiger partial charge in [-0.2, -0.15) is 0 Å². The van der Waals surface area contributed by atoms with Crippen LogP contribution in [-0.2, 0) is 13.1 Å². The molecule has 1 aliphatic rings. The maximum Gasteiger partial charge on any atom is 0.127 e. The summed E-state index contributed by atoms with van der Waals surface area (Å²) in [6.07, 6.45) is 5.41. The van der Waals surface area contributed by atoms with Gasteiger partial charge >= 0.3 is 0 Å². The predicted octanol–water partition coefficient (Wildman–Crippen LogP) is 3.48. The molecule has 110 valence electrons. The summed E-state index contributed by atoms with van der Waals surface area (Å²) in [5.74, 6) is -0.0981. The van der Waals surface area contributed by atoms with Crippen molar-refractivity contribution >= 4 is 0 Å². The molecule has 1 aromatic carbocycles. The SMILES string of the molecule is CC(C)(C)NCc1ccc(F)c(CN2CC=CCC2)c1. The van der Waals surface area contributed by atoms with Gasteiger partial charge in [0.25, 0.3) is 0 Å². The second-order valence-electron chi connectivity index (χ2n) is 6.52. The van der Waals surface area contributed by atoms with Crippen molar-refractivity contribution in [2.75, 3.05) is 13.1 Å². The normalized spacial score (nSPS) is 16.6. The molecule has 0 saturated heterocycles. The molecule has 0 radical (unpaired) electrons. The highest BCUT2D eigenvalue weighted by Gasteiger charge is 2.12. The molecule has 0 spiro atoms. The summed E-state index contributed by atoms with van der Waals surface area (Å²) in [7, 11) is 0. The topological polar surface area (TPSA) is 15.3 Å². The lowest BCUT2D eigenvalue weighted by molar-refractivity contribution is 0.286. The van der Waals surface area contributed by atoms with Gasteiger partial charge in [0.05, 0.1) is 0 Å². The molecule has 1 heterocycles. The Kier molecular flexibility index (Phi) is 4.95. The highest BCUT2D eigenvalue weighted by Crippen LogP contribution is 2.15. The van der Waals surface area contributed by atoms with Crippen molar-refractivity contribution in [3.63, 3.8) is 0 Å². The van der Waals surface area contributed by atoms with E-state index in [0.29, 0.717) is 6.54 Å². The summed E-state index contributed by atoms with van der Waals surface area (Å²) in [5.41, 5.74) is 2.02. The Morgan fingerprint density at radius 2 is 2.05 bits per heavy atom. The summed E-state index contributed by atoms with van der Waals surface area (Å²) >= 11 is 0. The molecule has 1 aromatic rings. The number of nitrogens with one attached hydrogen (secondary N) is 1. The van der Waals surface area contributed by atoms with Gasteiger partial charge in [-0.05, 0) is 38.8 Å². The van der Waals surface area contributed by atoms with E-state index in [0.717, 1.165) is 37.2 Å². The predicted molar refractivity (Wildman–Crippen MR) is 82.0 cm³/mol. The van der Waals surface area contributed by atoms with E-state index in [1.54, 1.807) is 6.07 Å². The first-order valence-corrected chi connectivity index (χ1v) is 7.34. The van der Waals surface area contributed by atoms with Crippen LogP contribution in [0.5, 0.6) is 0 Å². The fourth-order valence-corrected chi connectivity index (χ4v) is 2.30. The van der Waals surface area contributed by atoms with Crippen molar-refractivity contribution in [1.29, 1.82) is 0 Å². The molecular weight excluding hydrogens is 251 g/mol. The first-order valence-electron chi connectivity index (χ1n) is 7.34. The van der Waals surface area contributed by atoms with Crippen molar-refractivity contribution in [2.24, 2.45) is 0 Å². The maximum atomic E-state index is 13.9. The van der Waals surface area contributed by atoms with E-state index in [4.69, 9.17) is 0 Å². The fourth-order valence-electron chi connectivity index (χ4n) is 2.30. The Balaban J connectivity index is 2.02. The average molecular weight is 276 g/mol. The Labute approximate surface area is 121 Å². The monoisotopic (exact) mass is 276 g/mol. The molecule has 0 bridgehead atoms. The van der Waals surface area contributed by atoms with Crippen molar-refractivity contribution in [1.82, 2.24) is 10.2 Å². The number of rotatable bonds is 4. The van der Waals surface area contributed by atoms with E-state index >= 15 is 0 Å². The lowest BCUT2D eigenvalue weighted by atomic mass is 10.1. The first kappa shape index (κ1) is 15.2. The second-order valence-corrected chi connectivity index (χ2v) is 6.52. The minimum atomic E-state index is -0.0981. The largest absolute Gasteiger partial charge is 0.308 e. The van der Waals surface area contributed by atoms with Crippen molar-refractivity contribution in [2.45, 2.75) is 45.8 Å². The number of halogens is 1. The summed E-state index contributed by atoms with van der Waals surface area (Å²) in [4.78, 5) is 2.28. The third-order valence-corrected chi connectivity index (χ3v) is 3.47. The second kappa shape index (κ2) is 6.51. The van der Waals surface area contributed by atoms with Crippen molar-refractivity contribution in [3.05, 3.63) is 47.3 Å². The van der Waals surface area contributed by atoms with Crippen LogP contribution in [0.1, 0.15) is 38.3 Å². The summed E-state index contributed by atoms with van der Waals surface area (Å²) in [6, 6.07) is 5.45. The number of hydrogen-bond donors (Lipinski definition) is 1. The van der Waals surface area contributed by atoms with Crippen molar-refractivity contribution < 1.29 is 4.39 Å². The van der Waals surface area contributed by atoms with Crippen LogP contribution in [0.25, 0.3) is 0 Å². The molecule has 0 aliphatic carbocycles. The van der Waals surface area contributed by atoms with Crippen LogP contribution < -0.4 is 5.32 Å². The van der Waals surface area contributed by atoms with E-state index < -0.39 is 0 Å². The Morgan fingerprint density at radius 1 is 1.25 bits per heavy atom. The third kappa shape index (κ3) is 4.73. The Hall–Kier alpha value is -1.19. The molecule has 0 aromatic heterocycles. The summed E-state index contributed by atoms with van der Waals surface area (Å²) < 4.78 is 13.9. The highest BCUT2D eigenvalue weighted by atomic mass is 19.1. The van der Waals surface area contributed by atoms with Crippen molar-refractivity contribution in [3.8, 4) is 0 Å². The maximum absolute atomic E-state index is 13.9. The van der Waals surface area contributed by atoms with Gasteiger partial charge in [-0.1, -0.05) is 24.3 Å². The minimum absolute atomic E-state index is 0.0756. The third-order valence-electron chi connectivity index (χ3n) is 3.47. The lowest BCUT2D eigenvalue weighted by Gasteiger charge is -2.24. The average Bonchev–Trinajstić information content (AvgIpc) is 2.40. The molecule has 3 heteroatoms. The van der Waals surface area contributed by atoms with Crippen LogP contribution in [0.4, 0.5) is 4.39 Å². The first-order chi connectivity index (χ1) is 9.44. The Bertz CT molecular complexity index is 474. The van der Waals surface area contributed by atoms with Gasteiger partial charge in [-0.15, -0.1) is 0 Å². The molecule has 0 fully saturated rings. The van der Waals surface area contributed by atoms with Crippen LogP contribution in [0.15, 0.2) is 30.4 Å². The molecule has 0 atom stereocenters. The van der Waals surface area contributed by atoms with Gasteiger partial charge in [0.2, 0.25) is 0 Å². The molecule has 1 aliphatic heterocycles. The molecule has 1 N–H and O–H groups in total. The van der Waals surface area contributed by atoms with E-state index in [1.807, 2.05) is 12.1 Å². The van der Waals surface area contributed by atoms with Gasteiger partial charge in [0, 0.05) is 37.3 Å². The zero-order valence-electron chi connectivity index (χ0n) is 12.7. The zero-order valence-corrected chi connectivity index (χ0v) is 12.7. The van der Waals surface area contributed by atoms with E-state index in [9.17, 15) is 4.39 Å². The standard InChI is InChI=1S/C17H25FN2/c1-17(2,3)19-12-14-7-8-16(18)15(11-14)13-20-9-5-4-6-10-20/h4-5,7-8,11,19H,6,9-10,12-13H2,1-3H3. The van der Waals surface area contributed by atoms with Gasteiger partial charge in [0.15, 0.2) is 0 Å². The van der Waals surface area contributed by atoms with E-state index in [2.05, 4.69) is 43.1 Å². The van der Waals surface area contributed by atoms with Gasteiger partial charge < -0.3 is 5.32 Å². The Morgan fingerprint density at radius 3 is 2.70 bits per heavy atom. The fraction of sp³-hybridized carbons (Fsp3) is 0.529. The summed E-state index contributed by atoms with van der Waals surface area (Å²) in [5, 5.41) is 3.44. The van der Waals surface area contributed by atoms with Crippen LogP contribution >= 0.6 is 0 Å². The smallest absolute Gasteiger partial charge is 0.127 e. The van der Waals surface area contributed by atoms with E-state index in [1.165, 1.54) is 0 Å². The van der Waals surface area contributed by atoms with E-state index in [-0.39, 0.29) is 11.4 Å². The molecule has 0 amide bonds. The highest BCUT2D eigenvalue weighted by molar-refractivity contribution is 5.25. The molecular formula is C17H25FN2. The molecule has 2 rings (SSSR count). The van der Waals surface area contributed by atoms with Crippen LogP contribution in [0, 0.1) is 5.82 Å². The molecule has 2 nitrogen and oxygen atoms in total. The quantitative estimate of drug-likeness (QED) is 0.847. The molecule has 20 heavy (non-hydrogen) atoms. The van der Waals surface area contributed by atoms with Crippen LogP contribution in [0.3, 0.4) is 0 Å². The van der Waals surface area contributed by atoms with Crippen LogP contribution in [-0.4, -0.2) is 23.5 Å². The van der Waals surface area contributed by atoms with Gasteiger partial charge in [-0.25, -0.2) is 4.39 Å². The lowest BCUT2D eigenvalue weighted by Crippen LogP contribution is -2.35. The minimum Gasteiger partial charge on any atom is -0.308 e. The molecule has 0 unspecified atom stereocenters. The van der Waals surface area contributed by atoms with Gasteiger partial charge in [-0.3, -0.25) is 4.90 Å². The number of benzene rings is 1. The number of hydrogen-bond acceptors (Lipinski definition) is 2. The van der Waals surface area contributed by atoms with Gasteiger partial charge in [0.1, 0.15) is 5.82 Å².